The lowest BCUT2D eigenvalue weighted by molar-refractivity contribution is -0.146. The van der Waals surface area contributed by atoms with Crippen LogP contribution in [0.25, 0.3) is 0 Å². The van der Waals surface area contributed by atoms with Crippen molar-refractivity contribution in [1.82, 2.24) is 4.90 Å². The molecule has 164 valence electrons. The van der Waals surface area contributed by atoms with Crippen LogP contribution < -0.4 is 5.32 Å². The lowest BCUT2D eigenvalue weighted by atomic mass is 9.82. The number of allylic oxidation sites excluding steroid dienone is 2. The highest BCUT2D eigenvalue weighted by atomic mass is 32.1. The summed E-state index contributed by atoms with van der Waals surface area (Å²) in [5, 5.41) is 12.4. The van der Waals surface area contributed by atoms with Gasteiger partial charge in [0.1, 0.15) is 5.00 Å². The molecule has 30 heavy (non-hydrogen) atoms. The van der Waals surface area contributed by atoms with Gasteiger partial charge in [0.2, 0.25) is 5.91 Å². The fraction of sp³-hybridized carbons (Fsp3) is 0.524. The Morgan fingerprint density at radius 2 is 1.73 bits per heavy atom. The molecule has 0 spiro atoms. The number of carbonyl (C=O) groups is 4. The van der Waals surface area contributed by atoms with Crippen LogP contribution in [-0.4, -0.2) is 53.5 Å². The van der Waals surface area contributed by atoms with E-state index in [1.165, 1.54) is 0 Å². The molecular formula is C21H28N2O6S. The van der Waals surface area contributed by atoms with Crippen LogP contribution in [0.1, 0.15) is 59.2 Å². The fourth-order valence-corrected chi connectivity index (χ4v) is 4.66. The number of amides is 2. The van der Waals surface area contributed by atoms with E-state index in [1.54, 1.807) is 30.9 Å². The molecule has 0 aromatic carbocycles. The Kier molecular flexibility index (Phi) is 8.16. The van der Waals surface area contributed by atoms with Gasteiger partial charge in [-0.3, -0.25) is 14.4 Å². The minimum atomic E-state index is -1.04. The van der Waals surface area contributed by atoms with Gasteiger partial charge in [0, 0.05) is 13.1 Å². The van der Waals surface area contributed by atoms with Crippen molar-refractivity contribution in [3.63, 3.8) is 0 Å². The number of nitrogens with one attached hydrogen (secondary N) is 1. The van der Waals surface area contributed by atoms with Gasteiger partial charge in [0.15, 0.2) is 0 Å². The number of esters is 1. The maximum atomic E-state index is 12.9. The molecule has 2 atom stereocenters. The maximum Gasteiger partial charge on any atom is 0.341 e. The van der Waals surface area contributed by atoms with Crippen molar-refractivity contribution in [2.75, 3.05) is 25.0 Å². The molecule has 8 nitrogen and oxygen atoms in total. The Balaban J connectivity index is 2.42. The quantitative estimate of drug-likeness (QED) is 0.477. The first-order chi connectivity index (χ1) is 14.3. The molecule has 0 fully saturated rings. The molecule has 2 unspecified atom stereocenters. The Hall–Kier alpha value is -2.68. The standard InChI is InChI=1S/C21H28N2O6S/c1-5-23(6-2)19(25)16-12(4)15(21(28)29-7-3)18(30-16)22-17(24)13-10-8-9-11-14(13)20(26)27/h8-9,13-14H,5-7,10-11H2,1-4H3,(H,22,24)(H,26,27). The minimum absolute atomic E-state index is 0.143. The first kappa shape index (κ1) is 23.6. The Morgan fingerprint density at radius 1 is 1.13 bits per heavy atom. The first-order valence-electron chi connectivity index (χ1n) is 10.0. The van der Waals surface area contributed by atoms with Crippen molar-refractivity contribution in [2.45, 2.75) is 40.5 Å². The summed E-state index contributed by atoms with van der Waals surface area (Å²) in [5.74, 6) is -3.97. The van der Waals surface area contributed by atoms with E-state index < -0.39 is 29.7 Å². The molecule has 0 aliphatic heterocycles. The number of hydrogen-bond donors (Lipinski definition) is 2. The monoisotopic (exact) mass is 436 g/mol. The number of thiophene rings is 1. The summed E-state index contributed by atoms with van der Waals surface area (Å²) >= 11 is 1.02. The van der Waals surface area contributed by atoms with Crippen molar-refractivity contribution < 1.29 is 29.0 Å². The summed E-state index contributed by atoms with van der Waals surface area (Å²) in [6, 6.07) is 0. The van der Waals surface area contributed by atoms with Crippen molar-refractivity contribution in [1.29, 1.82) is 0 Å². The van der Waals surface area contributed by atoms with Gasteiger partial charge in [0.25, 0.3) is 5.91 Å². The lowest BCUT2D eigenvalue weighted by Crippen LogP contribution is -2.34. The van der Waals surface area contributed by atoms with Crippen LogP contribution in [0.4, 0.5) is 5.00 Å². The Labute approximate surface area is 179 Å². The van der Waals surface area contributed by atoms with Crippen molar-refractivity contribution in [3.05, 3.63) is 28.2 Å². The molecule has 1 aromatic heterocycles. The molecule has 2 amide bonds. The summed E-state index contributed by atoms with van der Waals surface area (Å²) in [6.45, 7) is 8.22. The van der Waals surface area contributed by atoms with Crippen LogP contribution in [0.5, 0.6) is 0 Å². The maximum absolute atomic E-state index is 12.9. The van der Waals surface area contributed by atoms with Crippen LogP contribution in [-0.2, 0) is 14.3 Å². The summed E-state index contributed by atoms with van der Waals surface area (Å²) in [5.41, 5.74) is 0.591. The third kappa shape index (κ3) is 4.89. The summed E-state index contributed by atoms with van der Waals surface area (Å²) < 4.78 is 5.13. The molecule has 2 rings (SSSR count). The number of carboxylic acids is 1. The van der Waals surface area contributed by atoms with E-state index in [0.29, 0.717) is 30.0 Å². The predicted octanol–water partition coefficient (Wildman–Crippen LogP) is 3.32. The van der Waals surface area contributed by atoms with E-state index in [9.17, 15) is 24.3 Å². The molecule has 2 N–H and O–H groups in total. The number of carbonyl (C=O) groups excluding carboxylic acids is 3. The predicted molar refractivity (Wildman–Crippen MR) is 114 cm³/mol. The van der Waals surface area contributed by atoms with Crippen LogP contribution in [0.2, 0.25) is 0 Å². The highest BCUT2D eigenvalue weighted by molar-refractivity contribution is 7.18. The van der Waals surface area contributed by atoms with Gasteiger partial charge in [-0.15, -0.1) is 11.3 Å². The van der Waals surface area contributed by atoms with Gasteiger partial charge >= 0.3 is 11.9 Å². The number of hydrogen-bond acceptors (Lipinski definition) is 6. The summed E-state index contributed by atoms with van der Waals surface area (Å²) in [4.78, 5) is 51.9. The molecular weight excluding hydrogens is 408 g/mol. The highest BCUT2D eigenvalue weighted by Gasteiger charge is 2.35. The number of carboxylic acid groups (broad SMARTS) is 1. The van der Waals surface area contributed by atoms with Gasteiger partial charge in [-0.1, -0.05) is 12.2 Å². The minimum Gasteiger partial charge on any atom is -0.481 e. The van der Waals surface area contributed by atoms with Gasteiger partial charge in [-0.2, -0.15) is 0 Å². The molecule has 1 aliphatic rings. The van der Waals surface area contributed by atoms with Gasteiger partial charge < -0.3 is 20.1 Å². The van der Waals surface area contributed by atoms with E-state index in [0.717, 1.165) is 11.3 Å². The zero-order valence-electron chi connectivity index (χ0n) is 17.7. The molecule has 0 saturated heterocycles. The normalized spacial score (nSPS) is 18.0. The van der Waals surface area contributed by atoms with Gasteiger partial charge in [-0.25, -0.2) is 4.79 Å². The molecule has 0 saturated carbocycles. The summed E-state index contributed by atoms with van der Waals surface area (Å²) in [7, 11) is 0. The summed E-state index contributed by atoms with van der Waals surface area (Å²) in [6.07, 6.45) is 4.11. The van der Waals surface area contributed by atoms with E-state index in [-0.39, 0.29) is 29.5 Å². The number of nitrogens with zero attached hydrogens (tertiary/aromatic N) is 1. The van der Waals surface area contributed by atoms with Gasteiger partial charge in [0.05, 0.1) is 28.9 Å². The average molecular weight is 437 g/mol. The Bertz CT molecular complexity index is 856. The fourth-order valence-electron chi connectivity index (χ4n) is 3.49. The first-order valence-corrected chi connectivity index (χ1v) is 10.9. The molecule has 0 radical (unpaired) electrons. The van der Waals surface area contributed by atoms with Crippen LogP contribution >= 0.6 is 11.3 Å². The second-order valence-electron chi connectivity index (χ2n) is 6.94. The van der Waals surface area contributed by atoms with E-state index in [2.05, 4.69) is 5.32 Å². The average Bonchev–Trinajstić information content (AvgIpc) is 3.04. The number of aliphatic carboxylic acids is 1. The van der Waals surface area contributed by atoms with E-state index in [1.807, 2.05) is 13.8 Å². The SMILES string of the molecule is CCOC(=O)c1c(NC(=O)C2CC=CCC2C(=O)O)sc(C(=O)N(CC)CC)c1C. The number of ether oxygens (including phenoxy) is 1. The smallest absolute Gasteiger partial charge is 0.341 e. The van der Waals surface area contributed by atoms with Crippen LogP contribution in [0.15, 0.2) is 12.2 Å². The van der Waals surface area contributed by atoms with Crippen LogP contribution in [0.3, 0.4) is 0 Å². The highest BCUT2D eigenvalue weighted by Crippen LogP contribution is 2.36. The molecule has 1 aromatic rings. The number of anilines is 1. The van der Waals surface area contributed by atoms with Crippen molar-refractivity contribution >= 4 is 40.1 Å². The number of rotatable bonds is 8. The third-order valence-electron chi connectivity index (χ3n) is 5.19. The second kappa shape index (κ2) is 10.4. The Morgan fingerprint density at radius 3 is 2.27 bits per heavy atom. The van der Waals surface area contributed by atoms with Crippen molar-refractivity contribution in [2.24, 2.45) is 11.8 Å². The second-order valence-corrected chi connectivity index (χ2v) is 7.96. The molecule has 9 heteroatoms. The third-order valence-corrected chi connectivity index (χ3v) is 6.39. The van der Waals surface area contributed by atoms with Gasteiger partial charge in [-0.05, 0) is 46.1 Å². The van der Waals surface area contributed by atoms with E-state index in [4.69, 9.17) is 4.74 Å². The largest absolute Gasteiger partial charge is 0.481 e. The van der Waals surface area contributed by atoms with Crippen molar-refractivity contribution in [3.8, 4) is 0 Å². The zero-order chi connectivity index (χ0) is 22.4. The lowest BCUT2D eigenvalue weighted by Gasteiger charge is -2.24. The molecule has 1 heterocycles. The van der Waals surface area contributed by atoms with E-state index >= 15 is 0 Å². The molecule has 0 bridgehead atoms. The zero-order valence-corrected chi connectivity index (χ0v) is 18.5. The van der Waals surface area contributed by atoms with Crippen LogP contribution in [0, 0.1) is 18.8 Å². The topological polar surface area (TPSA) is 113 Å². The molecule has 1 aliphatic carbocycles.